The number of aliphatic hydroxyl groups excluding tert-OH is 7. The van der Waals surface area contributed by atoms with Gasteiger partial charge < -0.3 is 59.8 Å². The number of carboxylic acid groups (broad SMARTS) is 1. The van der Waals surface area contributed by atoms with Crippen molar-refractivity contribution in [3.63, 3.8) is 0 Å². The van der Waals surface area contributed by atoms with Crippen LogP contribution in [0.1, 0.15) is 0 Å². The van der Waals surface area contributed by atoms with E-state index in [4.69, 9.17) is 24.4 Å². The van der Waals surface area contributed by atoms with E-state index in [2.05, 4.69) is 4.74 Å². The van der Waals surface area contributed by atoms with E-state index in [1.54, 1.807) is 0 Å². The summed E-state index contributed by atoms with van der Waals surface area (Å²) in [6.45, 7) is -2.62. The van der Waals surface area contributed by atoms with Gasteiger partial charge in [-0.15, -0.1) is 0 Å². The third-order valence-corrected chi connectivity index (χ3v) is 4.27. The summed E-state index contributed by atoms with van der Waals surface area (Å²) in [5.41, 5.74) is 0. The van der Waals surface area contributed by atoms with Crippen LogP contribution < -0.4 is 0 Å². The van der Waals surface area contributed by atoms with Crippen molar-refractivity contribution < 1.29 is 64.6 Å². The predicted octanol–water partition coefficient (Wildman–Crippen LogP) is -4.69. The summed E-state index contributed by atoms with van der Waals surface area (Å²) in [6.07, 6.45) is -15.3. The van der Waals surface area contributed by atoms with E-state index in [9.17, 15) is 35.4 Å². The maximum atomic E-state index is 10.9. The lowest BCUT2D eigenvalue weighted by molar-refractivity contribution is -0.383. The van der Waals surface area contributed by atoms with E-state index in [1.165, 1.54) is 0 Å². The minimum absolute atomic E-state index is 0.755. The lowest BCUT2D eigenvalue weighted by Crippen LogP contribution is -2.63. The van der Waals surface area contributed by atoms with Gasteiger partial charge in [-0.05, 0) is 0 Å². The second-order valence-electron chi connectivity index (χ2n) is 5.92. The Balaban J connectivity index is 2.28. The molecule has 13 nitrogen and oxygen atoms in total. The molecule has 13 heteroatoms. The molecule has 0 spiro atoms. The summed E-state index contributed by atoms with van der Waals surface area (Å²) in [6, 6.07) is 0. The molecule has 0 amide bonds. The molecule has 0 unspecified atom stereocenters. The van der Waals surface area contributed by atoms with Gasteiger partial charge in [0.1, 0.15) is 43.2 Å². The molecule has 0 aromatic carbocycles. The number of hydrogen-bond acceptors (Lipinski definition) is 12. The van der Waals surface area contributed by atoms with Crippen LogP contribution in [0.3, 0.4) is 0 Å². The van der Waals surface area contributed by atoms with Crippen molar-refractivity contribution in [2.24, 2.45) is 0 Å². The molecular formula is C13H22O13. The fourth-order valence-corrected chi connectivity index (χ4v) is 2.88. The zero-order chi connectivity index (χ0) is 19.6. The average Bonchev–Trinajstić information content (AvgIpc) is 2.87. The van der Waals surface area contributed by atoms with Crippen LogP contribution in [0.4, 0.5) is 4.79 Å². The van der Waals surface area contributed by atoms with Gasteiger partial charge in [-0.2, -0.15) is 0 Å². The summed E-state index contributed by atoms with van der Waals surface area (Å²) in [5, 5.41) is 76.5. The molecule has 8 N–H and O–H groups in total. The molecule has 2 fully saturated rings. The Morgan fingerprint density at radius 1 is 0.923 bits per heavy atom. The molecule has 2 rings (SSSR count). The van der Waals surface area contributed by atoms with E-state index in [0.717, 1.165) is 0 Å². The van der Waals surface area contributed by atoms with Crippen LogP contribution in [0, 0.1) is 0 Å². The monoisotopic (exact) mass is 386 g/mol. The minimum atomic E-state index is -2.39. The molecule has 152 valence electrons. The molecule has 0 bridgehead atoms. The molecule has 2 saturated heterocycles. The van der Waals surface area contributed by atoms with Gasteiger partial charge >= 0.3 is 6.16 Å². The SMILES string of the molecule is O=C(O)O[C@H]1[C@H](O)[C@@H](CO)O[C@@]1(CO)O[C@H]1O[C@H](CO)[C@@H](O)[C@H](O)[C@H]1O. The smallest absolute Gasteiger partial charge is 0.450 e. The molecule has 2 heterocycles. The fraction of sp³-hybridized carbons (Fsp3) is 0.923. The first-order valence-corrected chi connectivity index (χ1v) is 7.66. The Bertz CT molecular complexity index is 487. The maximum Gasteiger partial charge on any atom is 0.506 e. The minimum Gasteiger partial charge on any atom is -0.450 e. The summed E-state index contributed by atoms with van der Waals surface area (Å²) in [5.74, 6) is -2.39. The molecular weight excluding hydrogens is 364 g/mol. The highest BCUT2D eigenvalue weighted by molar-refractivity contribution is 5.57. The predicted molar refractivity (Wildman–Crippen MR) is 75.5 cm³/mol. The Labute approximate surface area is 146 Å². The zero-order valence-electron chi connectivity index (χ0n) is 13.4. The molecule has 9 atom stereocenters. The molecule has 0 aromatic rings. The second kappa shape index (κ2) is 8.26. The second-order valence-corrected chi connectivity index (χ2v) is 5.92. The van der Waals surface area contributed by atoms with Gasteiger partial charge in [0.05, 0.1) is 13.2 Å². The highest BCUT2D eigenvalue weighted by atomic mass is 16.8. The van der Waals surface area contributed by atoms with E-state index < -0.39 is 80.8 Å². The molecule has 2 aliphatic heterocycles. The van der Waals surface area contributed by atoms with Crippen LogP contribution in [-0.4, -0.2) is 122 Å². The summed E-state index contributed by atoms with van der Waals surface area (Å²) >= 11 is 0. The van der Waals surface area contributed by atoms with Crippen LogP contribution in [0.5, 0.6) is 0 Å². The molecule has 2 aliphatic rings. The molecule has 0 saturated carbocycles. The van der Waals surface area contributed by atoms with Gasteiger partial charge in [0, 0.05) is 0 Å². The van der Waals surface area contributed by atoms with Gasteiger partial charge in [0.15, 0.2) is 12.4 Å². The van der Waals surface area contributed by atoms with Gasteiger partial charge in [0.25, 0.3) is 0 Å². The van der Waals surface area contributed by atoms with E-state index in [1.807, 2.05) is 0 Å². The van der Waals surface area contributed by atoms with Crippen LogP contribution in [-0.2, 0) is 18.9 Å². The largest absolute Gasteiger partial charge is 0.506 e. The number of ether oxygens (including phenoxy) is 4. The van der Waals surface area contributed by atoms with Crippen molar-refractivity contribution in [2.45, 2.75) is 54.8 Å². The Hall–Kier alpha value is -1.13. The normalized spacial score (nSPS) is 46.3. The first kappa shape index (κ1) is 21.2. The van der Waals surface area contributed by atoms with Crippen LogP contribution >= 0.6 is 0 Å². The van der Waals surface area contributed by atoms with E-state index in [-0.39, 0.29) is 0 Å². The highest BCUT2D eigenvalue weighted by Crippen LogP contribution is 2.37. The van der Waals surface area contributed by atoms with Gasteiger partial charge in [0.2, 0.25) is 5.79 Å². The quantitative estimate of drug-likeness (QED) is 0.202. The molecule has 0 aliphatic carbocycles. The highest BCUT2D eigenvalue weighted by Gasteiger charge is 2.61. The molecule has 0 radical (unpaired) electrons. The van der Waals surface area contributed by atoms with Gasteiger partial charge in [-0.25, -0.2) is 4.79 Å². The lowest BCUT2D eigenvalue weighted by Gasteiger charge is -2.43. The van der Waals surface area contributed by atoms with Crippen molar-refractivity contribution >= 4 is 6.16 Å². The van der Waals surface area contributed by atoms with Crippen molar-refractivity contribution in [2.75, 3.05) is 19.8 Å². The van der Waals surface area contributed by atoms with Gasteiger partial charge in [-0.3, -0.25) is 0 Å². The van der Waals surface area contributed by atoms with Crippen LogP contribution in [0.15, 0.2) is 0 Å². The Kier molecular flexibility index (Phi) is 6.73. The summed E-state index contributed by atoms with van der Waals surface area (Å²) < 4.78 is 20.1. The number of hydrogen-bond donors (Lipinski definition) is 8. The third kappa shape index (κ3) is 3.77. The summed E-state index contributed by atoms with van der Waals surface area (Å²) in [7, 11) is 0. The third-order valence-electron chi connectivity index (χ3n) is 4.27. The van der Waals surface area contributed by atoms with Crippen molar-refractivity contribution in [1.29, 1.82) is 0 Å². The summed E-state index contributed by atoms with van der Waals surface area (Å²) in [4.78, 5) is 10.9. The fourth-order valence-electron chi connectivity index (χ4n) is 2.88. The number of rotatable bonds is 6. The number of aliphatic hydroxyl groups is 7. The standard InChI is InChI=1S/C13H22O13/c14-1-4-6(17)8(19)9(20)11(23-4)26-13(3-16)10(24-12(21)22)7(18)5(2-15)25-13/h4-11,14-20H,1-3H2,(H,21,22)/t4-,5-,6-,7-,8+,9-,10+,11-,13+/m1/s1. The van der Waals surface area contributed by atoms with Crippen molar-refractivity contribution in [3.05, 3.63) is 0 Å². The Morgan fingerprint density at radius 2 is 1.54 bits per heavy atom. The molecule has 0 aromatic heterocycles. The topological polar surface area (TPSA) is 216 Å². The van der Waals surface area contributed by atoms with E-state index >= 15 is 0 Å². The van der Waals surface area contributed by atoms with Gasteiger partial charge in [-0.1, -0.05) is 0 Å². The Morgan fingerprint density at radius 3 is 2.04 bits per heavy atom. The molecule has 26 heavy (non-hydrogen) atoms. The lowest BCUT2D eigenvalue weighted by atomic mass is 9.99. The van der Waals surface area contributed by atoms with Crippen LogP contribution in [0.25, 0.3) is 0 Å². The zero-order valence-corrected chi connectivity index (χ0v) is 13.4. The maximum absolute atomic E-state index is 10.9. The first-order chi connectivity index (χ1) is 12.2. The van der Waals surface area contributed by atoms with Crippen molar-refractivity contribution in [1.82, 2.24) is 0 Å². The first-order valence-electron chi connectivity index (χ1n) is 7.66. The van der Waals surface area contributed by atoms with Crippen LogP contribution in [0.2, 0.25) is 0 Å². The van der Waals surface area contributed by atoms with Crippen molar-refractivity contribution in [3.8, 4) is 0 Å². The number of carbonyl (C=O) groups is 1. The average molecular weight is 386 g/mol. The van der Waals surface area contributed by atoms with E-state index in [0.29, 0.717) is 0 Å².